The van der Waals surface area contributed by atoms with Crippen LogP contribution < -0.4 is 10.5 Å². The lowest BCUT2D eigenvalue weighted by atomic mass is 10.2. The van der Waals surface area contributed by atoms with Crippen LogP contribution in [-0.4, -0.2) is 22.5 Å². The molecule has 0 bridgehead atoms. The van der Waals surface area contributed by atoms with Crippen LogP contribution in [0.1, 0.15) is 12.7 Å². The zero-order chi connectivity index (χ0) is 11.7. The normalized spacial score (nSPS) is 13.0. The fourth-order valence-electron chi connectivity index (χ4n) is 1.72. The van der Waals surface area contributed by atoms with Crippen LogP contribution in [0.25, 0.3) is 5.52 Å². The molecule has 0 saturated heterocycles. The Morgan fingerprint density at radius 1 is 1.56 bits per heavy atom. The molecular weight excluding hydrogens is 226 g/mol. The Hall–Kier alpha value is -1.26. The van der Waals surface area contributed by atoms with Gasteiger partial charge in [-0.25, -0.2) is 4.98 Å². The van der Waals surface area contributed by atoms with Gasteiger partial charge in [-0.3, -0.25) is 4.40 Å². The molecule has 0 spiro atoms. The number of pyridine rings is 1. The summed E-state index contributed by atoms with van der Waals surface area (Å²) < 4.78 is 7.18. The third kappa shape index (κ3) is 1.86. The molecule has 1 unspecified atom stereocenters. The molecule has 0 fully saturated rings. The molecule has 0 radical (unpaired) electrons. The van der Waals surface area contributed by atoms with E-state index in [9.17, 15) is 0 Å². The SMILES string of the molecule is COc1cccc2c(Cl)nc(CC(C)N)n12. The van der Waals surface area contributed by atoms with Gasteiger partial charge in [0.25, 0.3) is 0 Å². The molecule has 2 N–H and O–H groups in total. The first kappa shape index (κ1) is 11.2. The second-order valence-electron chi connectivity index (χ2n) is 3.79. The minimum atomic E-state index is 0.0339. The van der Waals surface area contributed by atoms with Crippen molar-refractivity contribution in [3.05, 3.63) is 29.2 Å². The number of rotatable bonds is 3. The van der Waals surface area contributed by atoms with Crippen molar-refractivity contribution in [2.75, 3.05) is 7.11 Å². The Balaban J connectivity index is 2.64. The van der Waals surface area contributed by atoms with Gasteiger partial charge in [0.2, 0.25) is 0 Å². The van der Waals surface area contributed by atoms with Gasteiger partial charge in [-0.2, -0.15) is 0 Å². The number of fused-ring (bicyclic) bond motifs is 1. The van der Waals surface area contributed by atoms with E-state index in [0.29, 0.717) is 17.5 Å². The molecule has 0 amide bonds. The Kier molecular flexibility index (Phi) is 3.03. The summed E-state index contributed by atoms with van der Waals surface area (Å²) in [4.78, 5) is 4.31. The summed E-state index contributed by atoms with van der Waals surface area (Å²) in [7, 11) is 1.62. The minimum Gasteiger partial charge on any atom is -0.482 e. The van der Waals surface area contributed by atoms with E-state index >= 15 is 0 Å². The highest BCUT2D eigenvalue weighted by molar-refractivity contribution is 6.32. The average Bonchev–Trinajstić information content (AvgIpc) is 2.55. The molecule has 5 heteroatoms. The van der Waals surface area contributed by atoms with Gasteiger partial charge in [-0.05, 0) is 19.1 Å². The number of halogens is 1. The molecule has 0 aromatic carbocycles. The van der Waals surface area contributed by atoms with Crippen LogP contribution in [0.15, 0.2) is 18.2 Å². The summed E-state index contributed by atoms with van der Waals surface area (Å²) in [6.07, 6.45) is 0.661. The van der Waals surface area contributed by atoms with Crippen LogP contribution in [0.2, 0.25) is 5.15 Å². The van der Waals surface area contributed by atoms with Crippen molar-refractivity contribution >= 4 is 17.1 Å². The van der Waals surface area contributed by atoms with E-state index in [1.807, 2.05) is 29.5 Å². The first-order valence-electron chi connectivity index (χ1n) is 5.09. The second-order valence-corrected chi connectivity index (χ2v) is 4.15. The van der Waals surface area contributed by atoms with Gasteiger partial charge < -0.3 is 10.5 Å². The van der Waals surface area contributed by atoms with Gasteiger partial charge in [-0.1, -0.05) is 17.7 Å². The molecular formula is C11H14ClN3O. The molecule has 16 heavy (non-hydrogen) atoms. The highest BCUT2D eigenvalue weighted by atomic mass is 35.5. The smallest absolute Gasteiger partial charge is 0.199 e. The van der Waals surface area contributed by atoms with Crippen LogP contribution in [-0.2, 0) is 6.42 Å². The molecule has 2 heterocycles. The molecule has 0 aliphatic rings. The first-order chi connectivity index (χ1) is 7.63. The highest BCUT2D eigenvalue weighted by Gasteiger charge is 2.13. The molecule has 2 aromatic rings. The zero-order valence-corrected chi connectivity index (χ0v) is 10.0. The summed E-state index contributed by atoms with van der Waals surface area (Å²) in [5, 5.41) is 0.481. The highest BCUT2D eigenvalue weighted by Crippen LogP contribution is 2.24. The number of hydrogen-bond acceptors (Lipinski definition) is 3. The largest absolute Gasteiger partial charge is 0.482 e. The third-order valence-electron chi connectivity index (χ3n) is 2.36. The van der Waals surface area contributed by atoms with E-state index in [0.717, 1.165) is 11.3 Å². The fraction of sp³-hybridized carbons (Fsp3) is 0.364. The predicted octanol–water partition coefficient (Wildman–Crippen LogP) is 1.89. The lowest BCUT2D eigenvalue weighted by molar-refractivity contribution is 0.389. The van der Waals surface area contributed by atoms with Crippen molar-refractivity contribution in [3.8, 4) is 5.88 Å². The maximum atomic E-state index is 6.06. The Morgan fingerprint density at radius 2 is 2.31 bits per heavy atom. The van der Waals surface area contributed by atoms with Crippen molar-refractivity contribution in [3.63, 3.8) is 0 Å². The van der Waals surface area contributed by atoms with Gasteiger partial charge in [-0.15, -0.1) is 0 Å². The van der Waals surface area contributed by atoms with Crippen LogP contribution in [0.3, 0.4) is 0 Å². The van der Waals surface area contributed by atoms with Crippen molar-refractivity contribution in [1.29, 1.82) is 0 Å². The number of aromatic nitrogens is 2. The maximum absolute atomic E-state index is 6.06. The van der Waals surface area contributed by atoms with Crippen molar-refractivity contribution < 1.29 is 4.74 Å². The Bertz CT molecular complexity index is 507. The monoisotopic (exact) mass is 239 g/mol. The third-order valence-corrected chi connectivity index (χ3v) is 2.64. The van der Waals surface area contributed by atoms with Crippen LogP contribution >= 0.6 is 11.6 Å². The van der Waals surface area contributed by atoms with E-state index < -0.39 is 0 Å². The Morgan fingerprint density at radius 3 is 2.94 bits per heavy atom. The van der Waals surface area contributed by atoms with E-state index in [2.05, 4.69) is 4.98 Å². The summed E-state index contributed by atoms with van der Waals surface area (Å²) in [5.74, 6) is 1.54. The van der Waals surface area contributed by atoms with Gasteiger partial charge in [0.1, 0.15) is 5.82 Å². The molecule has 86 valence electrons. The van der Waals surface area contributed by atoms with Crippen LogP contribution in [0.5, 0.6) is 5.88 Å². The fourth-order valence-corrected chi connectivity index (χ4v) is 1.97. The number of hydrogen-bond donors (Lipinski definition) is 1. The van der Waals surface area contributed by atoms with Gasteiger partial charge in [0, 0.05) is 12.5 Å². The Labute approximate surface area is 99.0 Å². The molecule has 2 aromatic heterocycles. The number of ether oxygens (including phenoxy) is 1. The molecule has 0 aliphatic heterocycles. The van der Waals surface area contributed by atoms with Crippen LogP contribution in [0, 0.1) is 0 Å². The minimum absolute atomic E-state index is 0.0339. The van der Waals surface area contributed by atoms with Gasteiger partial charge >= 0.3 is 0 Å². The van der Waals surface area contributed by atoms with Gasteiger partial charge in [0.05, 0.1) is 12.6 Å². The molecule has 4 nitrogen and oxygen atoms in total. The van der Waals surface area contributed by atoms with Crippen LogP contribution in [0.4, 0.5) is 0 Å². The molecule has 1 atom stereocenters. The quantitative estimate of drug-likeness (QED) is 0.890. The molecule has 0 saturated carbocycles. The first-order valence-corrected chi connectivity index (χ1v) is 5.46. The van der Waals surface area contributed by atoms with E-state index in [1.54, 1.807) is 7.11 Å². The number of imidazole rings is 1. The summed E-state index contributed by atoms with van der Waals surface area (Å²) in [6, 6.07) is 5.70. The summed E-state index contributed by atoms with van der Waals surface area (Å²) >= 11 is 6.06. The summed E-state index contributed by atoms with van der Waals surface area (Å²) in [6.45, 7) is 1.93. The zero-order valence-electron chi connectivity index (χ0n) is 9.27. The van der Waals surface area contributed by atoms with Crippen molar-refractivity contribution in [2.24, 2.45) is 5.73 Å². The van der Waals surface area contributed by atoms with Crippen molar-refractivity contribution in [1.82, 2.24) is 9.38 Å². The van der Waals surface area contributed by atoms with E-state index in [4.69, 9.17) is 22.1 Å². The van der Waals surface area contributed by atoms with Crippen molar-refractivity contribution in [2.45, 2.75) is 19.4 Å². The topological polar surface area (TPSA) is 52.5 Å². The number of nitrogens with two attached hydrogens (primary N) is 1. The maximum Gasteiger partial charge on any atom is 0.199 e. The predicted molar refractivity (Wildman–Crippen MR) is 64.1 cm³/mol. The van der Waals surface area contributed by atoms with E-state index in [-0.39, 0.29) is 6.04 Å². The summed E-state index contributed by atoms with van der Waals surface area (Å²) in [5.41, 5.74) is 6.62. The standard InChI is InChI=1S/C11H14ClN3O/c1-7(13)6-9-14-11(12)8-4-3-5-10(16-2)15(8)9/h3-5,7H,6,13H2,1-2H3. The average molecular weight is 240 g/mol. The van der Waals surface area contributed by atoms with Gasteiger partial charge in [0.15, 0.2) is 11.0 Å². The van der Waals surface area contributed by atoms with E-state index in [1.165, 1.54) is 0 Å². The number of methoxy groups -OCH3 is 1. The number of nitrogens with zero attached hydrogens (tertiary/aromatic N) is 2. The molecule has 0 aliphatic carbocycles. The lowest BCUT2D eigenvalue weighted by Gasteiger charge is -2.08. The second kappa shape index (κ2) is 4.31. The lowest BCUT2D eigenvalue weighted by Crippen LogP contribution is -2.19. The molecule has 2 rings (SSSR count).